The van der Waals surface area contributed by atoms with Crippen molar-refractivity contribution in [3.63, 3.8) is 0 Å². The number of benzene rings is 1. The highest BCUT2D eigenvalue weighted by Crippen LogP contribution is 2.15. The second kappa shape index (κ2) is 8.05. The predicted octanol–water partition coefficient (Wildman–Crippen LogP) is 0.986. The highest BCUT2D eigenvalue weighted by atomic mass is 79.9. The van der Waals surface area contributed by atoms with Crippen LogP contribution in [0.25, 0.3) is 0 Å². The number of rotatable bonds is 7. The zero-order valence-corrected chi connectivity index (χ0v) is 14.5. The van der Waals surface area contributed by atoms with Gasteiger partial charge in [-0.25, -0.2) is 13.1 Å². The Kier molecular flexibility index (Phi) is 6.37. The minimum Gasteiger partial charge on any atom is -0.354 e. The maximum Gasteiger partial charge on any atom is 0.240 e. The Morgan fingerprint density at radius 2 is 2.23 bits per heavy atom. The standard InChI is InChI=1S/C14H20BrN3O3S/c15-11-3-1-5-13(9-11)22(20,21)18-8-6-14(19)17-10-12-4-2-7-16-12/h1,3,5,9,12,16,18H,2,4,6-8,10H2,(H,17,19). The minimum absolute atomic E-state index is 0.0821. The first-order chi connectivity index (χ1) is 10.5. The van der Waals surface area contributed by atoms with Gasteiger partial charge < -0.3 is 10.6 Å². The zero-order valence-electron chi connectivity index (χ0n) is 12.1. The van der Waals surface area contributed by atoms with Crippen LogP contribution in [-0.4, -0.2) is 40.0 Å². The molecule has 1 aliphatic rings. The summed E-state index contributed by atoms with van der Waals surface area (Å²) in [7, 11) is -3.58. The van der Waals surface area contributed by atoms with E-state index in [1.54, 1.807) is 12.1 Å². The molecular weight excluding hydrogens is 370 g/mol. The average Bonchev–Trinajstić information content (AvgIpc) is 2.98. The fourth-order valence-corrected chi connectivity index (χ4v) is 3.90. The Hall–Kier alpha value is -0.960. The molecule has 1 atom stereocenters. The molecule has 22 heavy (non-hydrogen) atoms. The second-order valence-electron chi connectivity index (χ2n) is 5.20. The average molecular weight is 390 g/mol. The molecule has 0 bridgehead atoms. The summed E-state index contributed by atoms with van der Waals surface area (Å²) in [5.74, 6) is -0.148. The topological polar surface area (TPSA) is 87.3 Å². The molecule has 122 valence electrons. The van der Waals surface area contributed by atoms with Gasteiger partial charge in [-0.05, 0) is 37.6 Å². The molecule has 8 heteroatoms. The van der Waals surface area contributed by atoms with Crippen molar-refractivity contribution in [2.45, 2.75) is 30.2 Å². The summed E-state index contributed by atoms with van der Waals surface area (Å²) in [6.45, 7) is 1.67. The van der Waals surface area contributed by atoms with E-state index in [4.69, 9.17) is 0 Å². The van der Waals surface area contributed by atoms with E-state index in [-0.39, 0.29) is 23.8 Å². The van der Waals surface area contributed by atoms with Crippen molar-refractivity contribution in [2.75, 3.05) is 19.6 Å². The highest BCUT2D eigenvalue weighted by Gasteiger charge is 2.16. The summed E-state index contributed by atoms with van der Waals surface area (Å²) in [6.07, 6.45) is 2.32. The van der Waals surface area contributed by atoms with E-state index < -0.39 is 10.0 Å². The third-order valence-electron chi connectivity index (χ3n) is 3.46. The molecule has 0 radical (unpaired) electrons. The van der Waals surface area contributed by atoms with Crippen molar-refractivity contribution in [3.8, 4) is 0 Å². The highest BCUT2D eigenvalue weighted by molar-refractivity contribution is 9.10. The van der Waals surface area contributed by atoms with Crippen LogP contribution in [0.3, 0.4) is 0 Å². The molecule has 1 saturated heterocycles. The number of carbonyl (C=O) groups is 1. The first-order valence-corrected chi connectivity index (χ1v) is 9.50. The molecule has 2 rings (SSSR count). The van der Waals surface area contributed by atoms with Crippen LogP contribution in [0.1, 0.15) is 19.3 Å². The minimum atomic E-state index is -3.58. The van der Waals surface area contributed by atoms with Gasteiger partial charge in [-0.2, -0.15) is 0 Å². The summed E-state index contributed by atoms with van der Waals surface area (Å²) in [6, 6.07) is 6.78. The number of carbonyl (C=O) groups excluding carboxylic acids is 1. The molecule has 1 aromatic carbocycles. The van der Waals surface area contributed by atoms with Crippen molar-refractivity contribution in [1.29, 1.82) is 0 Å². The van der Waals surface area contributed by atoms with Gasteiger partial charge in [0.15, 0.2) is 0 Å². The molecule has 1 fully saturated rings. The number of nitrogens with one attached hydrogen (secondary N) is 3. The second-order valence-corrected chi connectivity index (χ2v) is 7.89. The Balaban J connectivity index is 1.73. The van der Waals surface area contributed by atoms with Crippen molar-refractivity contribution >= 4 is 31.9 Å². The van der Waals surface area contributed by atoms with Crippen molar-refractivity contribution in [1.82, 2.24) is 15.4 Å². The third kappa shape index (κ3) is 5.35. The van der Waals surface area contributed by atoms with E-state index in [0.29, 0.717) is 17.1 Å². The van der Waals surface area contributed by atoms with Crippen LogP contribution in [0, 0.1) is 0 Å². The number of sulfonamides is 1. The van der Waals surface area contributed by atoms with Crippen LogP contribution in [0.15, 0.2) is 33.6 Å². The quantitative estimate of drug-likeness (QED) is 0.648. The molecule has 3 N–H and O–H groups in total. The molecular formula is C14H20BrN3O3S. The van der Waals surface area contributed by atoms with E-state index in [2.05, 4.69) is 31.3 Å². The SMILES string of the molecule is O=C(CCNS(=O)(=O)c1cccc(Br)c1)NCC1CCCN1. The smallest absolute Gasteiger partial charge is 0.240 e. The lowest BCUT2D eigenvalue weighted by molar-refractivity contribution is -0.121. The van der Waals surface area contributed by atoms with Crippen LogP contribution in [0.2, 0.25) is 0 Å². The largest absolute Gasteiger partial charge is 0.354 e. The summed E-state index contributed by atoms with van der Waals surface area (Å²) >= 11 is 3.24. The van der Waals surface area contributed by atoms with Crippen LogP contribution in [0.4, 0.5) is 0 Å². The Morgan fingerprint density at radius 3 is 2.91 bits per heavy atom. The van der Waals surface area contributed by atoms with Gasteiger partial charge in [0.05, 0.1) is 4.90 Å². The van der Waals surface area contributed by atoms with Gasteiger partial charge in [0.2, 0.25) is 15.9 Å². The predicted molar refractivity (Wildman–Crippen MR) is 88.0 cm³/mol. The first kappa shape index (κ1) is 17.4. The summed E-state index contributed by atoms with van der Waals surface area (Å²) in [4.78, 5) is 11.9. The fraction of sp³-hybridized carbons (Fsp3) is 0.500. The lowest BCUT2D eigenvalue weighted by Gasteiger charge is -2.11. The van der Waals surface area contributed by atoms with E-state index in [1.807, 2.05) is 0 Å². The van der Waals surface area contributed by atoms with E-state index in [0.717, 1.165) is 19.4 Å². The Bertz CT molecular complexity index is 616. The van der Waals surface area contributed by atoms with Crippen LogP contribution in [-0.2, 0) is 14.8 Å². The molecule has 0 spiro atoms. The van der Waals surface area contributed by atoms with E-state index in [1.165, 1.54) is 12.1 Å². The van der Waals surface area contributed by atoms with Crippen molar-refractivity contribution < 1.29 is 13.2 Å². The summed E-state index contributed by atoms with van der Waals surface area (Å²) < 4.78 is 27.2. The third-order valence-corrected chi connectivity index (χ3v) is 5.41. The van der Waals surface area contributed by atoms with Crippen LogP contribution < -0.4 is 15.4 Å². The van der Waals surface area contributed by atoms with Crippen molar-refractivity contribution in [2.24, 2.45) is 0 Å². The Labute approximate surface area is 139 Å². The van der Waals surface area contributed by atoms with Gasteiger partial charge in [0, 0.05) is 30.0 Å². The Morgan fingerprint density at radius 1 is 1.41 bits per heavy atom. The zero-order chi connectivity index (χ0) is 16.0. The number of hydrogen-bond acceptors (Lipinski definition) is 4. The summed E-state index contributed by atoms with van der Waals surface area (Å²) in [5, 5.41) is 6.10. The molecule has 0 saturated carbocycles. The van der Waals surface area contributed by atoms with Gasteiger partial charge in [0.25, 0.3) is 0 Å². The van der Waals surface area contributed by atoms with Gasteiger partial charge >= 0.3 is 0 Å². The maximum absolute atomic E-state index is 12.1. The molecule has 1 heterocycles. The molecule has 6 nitrogen and oxygen atoms in total. The normalized spacial score (nSPS) is 18.3. The molecule has 1 aliphatic heterocycles. The van der Waals surface area contributed by atoms with Crippen molar-refractivity contribution in [3.05, 3.63) is 28.7 Å². The van der Waals surface area contributed by atoms with Crippen LogP contribution >= 0.6 is 15.9 Å². The summed E-state index contributed by atoms with van der Waals surface area (Å²) in [5.41, 5.74) is 0. The number of hydrogen-bond donors (Lipinski definition) is 3. The van der Waals surface area contributed by atoms with E-state index in [9.17, 15) is 13.2 Å². The molecule has 1 amide bonds. The lowest BCUT2D eigenvalue weighted by atomic mass is 10.2. The number of amides is 1. The number of halogens is 1. The maximum atomic E-state index is 12.1. The van der Waals surface area contributed by atoms with Gasteiger partial charge in [-0.1, -0.05) is 22.0 Å². The molecule has 0 aliphatic carbocycles. The lowest BCUT2D eigenvalue weighted by Crippen LogP contribution is -2.38. The van der Waals surface area contributed by atoms with Crippen LogP contribution in [0.5, 0.6) is 0 Å². The first-order valence-electron chi connectivity index (χ1n) is 7.23. The molecule has 1 unspecified atom stereocenters. The monoisotopic (exact) mass is 389 g/mol. The molecule has 1 aromatic rings. The van der Waals surface area contributed by atoms with Gasteiger partial charge in [-0.15, -0.1) is 0 Å². The van der Waals surface area contributed by atoms with Gasteiger partial charge in [0.1, 0.15) is 0 Å². The molecule has 0 aromatic heterocycles. The van der Waals surface area contributed by atoms with Gasteiger partial charge in [-0.3, -0.25) is 4.79 Å². The fourth-order valence-electron chi connectivity index (χ4n) is 2.27. The van der Waals surface area contributed by atoms with E-state index >= 15 is 0 Å².